The van der Waals surface area contributed by atoms with Crippen molar-refractivity contribution in [2.24, 2.45) is 0 Å². The van der Waals surface area contributed by atoms with Gasteiger partial charge in [0, 0.05) is 46.3 Å². The molecule has 0 aromatic heterocycles. The lowest BCUT2D eigenvalue weighted by Crippen LogP contribution is -2.18. The molecule has 0 fully saturated rings. The molecular formula is C46H43FN2. The van der Waals surface area contributed by atoms with E-state index in [0.29, 0.717) is 0 Å². The third-order valence-corrected chi connectivity index (χ3v) is 11.2. The first-order chi connectivity index (χ1) is 23.3. The molecule has 49 heavy (non-hydrogen) atoms. The van der Waals surface area contributed by atoms with Crippen LogP contribution in [0.15, 0.2) is 115 Å². The zero-order valence-electron chi connectivity index (χ0n) is 29.7. The van der Waals surface area contributed by atoms with Crippen LogP contribution in [0.5, 0.6) is 0 Å². The molecule has 0 unspecified atom stereocenters. The number of halogens is 1. The summed E-state index contributed by atoms with van der Waals surface area (Å²) in [5.74, 6) is -0.225. The summed E-state index contributed by atoms with van der Waals surface area (Å²) < 4.78 is 13.7. The molecule has 0 bridgehead atoms. The number of fused-ring (bicyclic) bond motifs is 6. The number of benzene rings is 6. The zero-order valence-corrected chi connectivity index (χ0v) is 29.7. The van der Waals surface area contributed by atoms with Gasteiger partial charge in [-0.2, -0.15) is 0 Å². The first-order valence-electron chi connectivity index (χ1n) is 17.3. The van der Waals surface area contributed by atoms with Gasteiger partial charge in [0.1, 0.15) is 5.82 Å². The van der Waals surface area contributed by atoms with Crippen molar-refractivity contribution >= 4 is 28.4 Å². The molecule has 0 spiro atoms. The van der Waals surface area contributed by atoms with Crippen LogP contribution >= 0.6 is 0 Å². The van der Waals surface area contributed by atoms with E-state index in [2.05, 4.69) is 149 Å². The van der Waals surface area contributed by atoms with Crippen LogP contribution in [0.1, 0.15) is 66.6 Å². The molecule has 2 nitrogen and oxygen atoms in total. The lowest BCUT2D eigenvalue weighted by molar-refractivity contribution is 0.628. The summed E-state index contributed by atoms with van der Waals surface area (Å²) >= 11 is 0. The highest BCUT2D eigenvalue weighted by atomic mass is 19.1. The fraction of sp³-hybridized carbons (Fsp3) is 0.217. The minimum Gasteiger partial charge on any atom is -0.345 e. The van der Waals surface area contributed by atoms with E-state index >= 15 is 0 Å². The Bertz CT molecular complexity index is 2290. The number of nitrogens with zero attached hydrogens (tertiary/aromatic N) is 2. The van der Waals surface area contributed by atoms with E-state index in [-0.39, 0.29) is 16.6 Å². The maximum Gasteiger partial charge on any atom is 0.123 e. The highest BCUT2D eigenvalue weighted by molar-refractivity contribution is 5.89. The minimum absolute atomic E-state index is 0.0962. The molecule has 0 saturated carbocycles. The van der Waals surface area contributed by atoms with Crippen molar-refractivity contribution in [3.05, 3.63) is 160 Å². The van der Waals surface area contributed by atoms with Crippen molar-refractivity contribution in [2.75, 3.05) is 16.8 Å². The third-order valence-electron chi connectivity index (χ3n) is 11.2. The Morgan fingerprint density at radius 1 is 0.449 bits per heavy atom. The fourth-order valence-electron chi connectivity index (χ4n) is 8.34. The van der Waals surface area contributed by atoms with Crippen LogP contribution < -0.4 is 9.80 Å². The molecule has 6 aromatic carbocycles. The third kappa shape index (κ3) is 4.82. The molecule has 0 heterocycles. The first kappa shape index (κ1) is 31.1. The van der Waals surface area contributed by atoms with E-state index in [9.17, 15) is 4.39 Å². The second-order valence-electron chi connectivity index (χ2n) is 15.1. The Labute approximate surface area is 290 Å². The standard InChI is InChI=1S/C46H43FN2/c1-28-10-22-44(30(3)23-28)49(34-16-20-38-36-18-9-29(2)24-40(36)45(4,5)42(38)26-34)35-17-21-39-37-19-15-33(25-41(37)46(6,7)43(39)27-35)48(8)32-13-11-31(47)12-14-32/h9-27H,1-8H3. The van der Waals surface area contributed by atoms with Gasteiger partial charge in [0.25, 0.3) is 0 Å². The van der Waals surface area contributed by atoms with E-state index in [1.165, 1.54) is 84.7 Å². The molecule has 2 aliphatic rings. The van der Waals surface area contributed by atoms with E-state index in [4.69, 9.17) is 0 Å². The lowest BCUT2D eigenvalue weighted by Gasteiger charge is -2.31. The van der Waals surface area contributed by atoms with Gasteiger partial charge in [0.2, 0.25) is 0 Å². The SMILES string of the molecule is Cc1ccc(N(c2ccc3c(c2)C(C)(C)c2cc(C)ccc2-3)c2ccc3c(c2)C(C)(C)c2cc(N(C)c4ccc(F)cc4)ccc2-3)c(C)c1. The van der Waals surface area contributed by atoms with Gasteiger partial charge >= 0.3 is 0 Å². The van der Waals surface area contributed by atoms with Crippen LogP contribution in [0.2, 0.25) is 0 Å². The van der Waals surface area contributed by atoms with Crippen molar-refractivity contribution in [3.63, 3.8) is 0 Å². The topological polar surface area (TPSA) is 6.48 Å². The predicted molar refractivity (Wildman–Crippen MR) is 205 cm³/mol. The summed E-state index contributed by atoms with van der Waals surface area (Å²) in [6.07, 6.45) is 0. The van der Waals surface area contributed by atoms with Crippen LogP contribution in [0.3, 0.4) is 0 Å². The van der Waals surface area contributed by atoms with Gasteiger partial charge in [-0.1, -0.05) is 87.4 Å². The molecule has 0 atom stereocenters. The van der Waals surface area contributed by atoms with Gasteiger partial charge in [0.15, 0.2) is 0 Å². The average molecular weight is 643 g/mol. The molecule has 8 rings (SSSR count). The Hall–Kier alpha value is -5.15. The Kier molecular flexibility index (Phi) is 6.95. The van der Waals surface area contributed by atoms with E-state index in [1.807, 2.05) is 19.2 Å². The van der Waals surface area contributed by atoms with Gasteiger partial charge in [0.05, 0.1) is 0 Å². The van der Waals surface area contributed by atoms with Crippen LogP contribution in [-0.4, -0.2) is 7.05 Å². The molecule has 6 aromatic rings. The summed E-state index contributed by atoms with van der Waals surface area (Å²) in [5, 5.41) is 0. The Morgan fingerprint density at radius 2 is 0.857 bits per heavy atom. The summed E-state index contributed by atoms with van der Waals surface area (Å²) in [6, 6.07) is 41.2. The normalized spacial score (nSPS) is 14.6. The lowest BCUT2D eigenvalue weighted by atomic mass is 9.81. The predicted octanol–water partition coefficient (Wildman–Crippen LogP) is 12.6. The van der Waals surface area contributed by atoms with Crippen LogP contribution in [-0.2, 0) is 10.8 Å². The Morgan fingerprint density at radius 3 is 1.39 bits per heavy atom. The number of hydrogen-bond donors (Lipinski definition) is 0. The largest absolute Gasteiger partial charge is 0.345 e. The van der Waals surface area contributed by atoms with E-state index in [0.717, 1.165) is 17.1 Å². The minimum atomic E-state index is -0.225. The monoisotopic (exact) mass is 642 g/mol. The van der Waals surface area contributed by atoms with Gasteiger partial charge < -0.3 is 9.80 Å². The quantitative estimate of drug-likeness (QED) is 0.185. The molecular weight excluding hydrogens is 600 g/mol. The van der Waals surface area contributed by atoms with Gasteiger partial charge in [-0.15, -0.1) is 0 Å². The van der Waals surface area contributed by atoms with Crippen molar-refractivity contribution < 1.29 is 4.39 Å². The maximum absolute atomic E-state index is 13.7. The van der Waals surface area contributed by atoms with Crippen LogP contribution in [0, 0.1) is 26.6 Å². The number of anilines is 5. The van der Waals surface area contributed by atoms with E-state index in [1.54, 1.807) is 0 Å². The summed E-state index contributed by atoms with van der Waals surface area (Å²) in [7, 11) is 2.04. The van der Waals surface area contributed by atoms with Gasteiger partial charge in [-0.3, -0.25) is 0 Å². The van der Waals surface area contributed by atoms with Crippen molar-refractivity contribution in [1.29, 1.82) is 0 Å². The van der Waals surface area contributed by atoms with Crippen molar-refractivity contribution in [3.8, 4) is 22.3 Å². The first-order valence-corrected chi connectivity index (χ1v) is 17.3. The zero-order chi connectivity index (χ0) is 34.4. The Balaban J connectivity index is 1.24. The second-order valence-corrected chi connectivity index (χ2v) is 15.1. The van der Waals surface area contributed by atoms with Crippen LogP contribution in [0.4, 0.5) is 32.8 Å². The van der Waals surface area contributed by atoms with Crippen LogP contribution in [0.25, 0.3) is 22.3 Å². The number of rotatable bonds is 5. The number of hydrogen-bond acceptors (Lipinski definition) is 2. The van der Waals surface area contributed by atoms with E-state index < -0.39 is 0 Å². The second kappa shape index (κ2) is 10.9. The highest BCUT2D eigenvalue weighted by Crippen LogP contribution is 2.54. The molecule has 0 saturated heterocycles. The molecule has 0 amide bonds. The van der Waals surface area contributed by atoms with Gasteiger partial charge in [-0.05, 0) is 138 Å². The summed E-state index contributed by atoms with van der Waals surface area (Å²) in [5.41, 5.74) is 19.7. The fourth-order valence-corrected chi connectivity index (χ4v) is 8.34. The highest BCUT2D eigenvalue weighted by Gasteiger charge is 2.38. The number of aryl methyl sites for hydroxylation is 3. The molecule has 0 aliphatic heterocycles. The summed E-state index contributed by atoms with van der Waals surface area (Å²) in [6.45, 7) is 16.0. The molecule has 2 aliphatic carbocycles. The average Bonchev–Trinajstić information content (AvgIpc) is 3.44. The van der Waals surface area contributed by atoms with Gasteiger partial charge in [-0.25, -0.2) is 4.39 Å². The van der Waals surface area contributed by atoms with Crippen molar-refractivity contribution in [1.82, 2.24) is 0 Å². The summed E-state index contributed by atoms with van der Waals surface area (Å²) in [4.78, 5) is 4.58. The molecule has 0 N–H and O–H groups in total. The molecule has 244 valence electrons. The maximum atomic E-state index is 13.7. The molecule has 0 radical (unpaired) electrons. The molecule has 3 heteroatoms. The smallest absolute Gasteiger partial charge is 0.123 e. The van der Waals surface area contributed by atoms with Crippen molar-refractivity contribution in [2.45, 2.75) is 59.3 Å².